The monoisotopic (exact) mass is 466 g/mol. The summed E-state index contributed by atoms with van der Waals surface area (Å²) in [5, 5.41) is 3.47. The van der Waals surface area contributed by atoms with Crippen LogP contribution in [-0.4, -0.2) is 51.5 Å². The van der Waals surface area contributed by atoms with Crippen molar-refractivity contribution in [1.82, 2.24) is 4.31 Å². The number of hydrogen-bond acceptors (Lipinski definition) is 5. The molecule has 0 bridgehead atoms. The molecular weight excluding hydrogens is 440 g/mol. The first-order valence-electron chi connectivity index (χ1n) is 10.1. The van der Waals surface area contributed by atoms with Gasteiger partial charge in [-0.05, 0) is 61.7 Å². The van der Waals surface area contributed by atoms with Gasteiger partial charge in [-0.15, -0.1) is 0 Å². The van der Waals surface area contributed by atoms with Crippen molar-refractivity contribution in [2.75, 3.05) is 38.2 Å². The second-order valence-corrected chi connectivity index (χ2v) is 9.78. The van der Waals surface area contributed by atoms with Gasteiger partial charge in [0, 0.05) is 30.2 Å². The molecule has 0 aromatic heterocycles. The first-order chi connectivity index (χ1) is 14.8. The second kappa shape index (κ2) is 10.5. The van der Waals surface area contributed by atoms with E-state index in [1.54, 1.807) is 18.2 Å². The number of morpholine rings is 1. The maximum atomic E-state index is 12.9. The Bertz CT molecular complexity index is 1040. The summed E-state index contributed by atoms with van der Waals surface area (Å²) in [5.74, 6) is 0.544. The van der Waals surface area contributed by atoms with Crippen LogP contribution in [0.1, 0.15) is 24.0 Å². The minimum atomic E-state index is -3.62. The minimum Gasteiger partial charge on any atom is -0.493 e. The van der Waals surface area contributed by atoms with E-state index in [2.05, 4.69) is 5.32 Å². The Balaban J connectivity index is 1.56. The maximum Gasteiger partial charge on any atom is 0.243 e. The number of sulfonamides is 1. The number of benzene rings is 2. The molecule has 2 aromatic rings. The molecule has 1 fully saturated rings. The molecule has 1 heterocycles. The third-order valence-corrected chi connectivity index (χ3v) is 7.16. The molecule has 9 heteroatoms. The highest BCUT2D eigenvalue weighted by atomic mass is 35.5. The molecule has 0 spiro atoms. The van der Waals surface area contributed by atoms with Gasteiger partial charge in [0.05, 0.1) is 24.7 Å². The highest BCUT2D eigenvalue weighted by molar-refractivity contribution is 7.89. The van der Waals surface area contributed by atoms with Crippen molar-refractivity contribution in [3.05, 3.63) is 52.5 Å². The molecule has 1 amide bonds. The van der Waals surface area contributed by atoms with Crippen LogP contribution in [0.2, 0.25) is 5.02 Å². The van der Waals surface area contributed by atoms with Gasteiger partial charge in [-0.3, -0.25) is 4.79 Å². The molecule has 2 aromatic carbocycles. The highest BCUT2D eigenvalue weighted by Crippen LogP contribution is 2.24. The summed E-state index contributed by atoms with van der Waals surface area (Å²) in [6, 6.07) is 10.2. The summed E-state index contributed by atoms with van der Waals surface area (Å²) in [5.41, 5.74) is 2.22. The normalized spacial score (nSPS) is 14.9. The standard InChI is InChI=1S/C22H27ClN2O5S/c1-16-5-7-19(31(27,28)25-9-12-29-13-10-25)15-20(16)24-22(26)4-3-11-30-21-8-6-18(23)14-17(21)2/h5-8,14-15H,3-4,9-13H2,1-2H3,(H,24,26). The molecule has 0 atom stereocenters. The van der Waals surface area contributed by atoms with E-state index in [9.17, 15) is 13.2 Å². The van der Waals surface area contributed by atoms with E-state index in [4.69, 9.17) is 21.1 Å². The fourth-order valence-electron chi connectivity index (χ4n) is 3.23. The van der Waals surface area contributed by atoms with Crippen molar-refractivity contribution in [3.63, 3.8) is 0 Å². The number of carbonyl (C=O) groups is 1. The van der Waals surface area contributed by atoms with Gasteiger partial charge in [0.1, 0.15) is 5.75 Å². The smallest absolute Gasteiger partial charge is 0.243 e. The molecule has 0 saturated carbocycles. The van der Waals surface area contributed by atoms with Gasteiger partial charge in [0.15, 0.2) is 0 Å². The van der Waals surface area contributed by atoms with Crippen LogP contribution in [0.25, 0.3) is 0 Å². The number of hydrogen-bond donors (Lipinski definition) is 1. The SMILES string of the molecule is Cc1ccc(S(=O)(=O)N2CCOCC2)cc1NC(=O)CCCOc1ccc(Cl)cc1C. The van der Waals surface area contributed by atoms with Crippen molar-refractivity contribution >= 4 is 33.2 Å². The Hall–Kier alpha value is -2.13. The number of carbonyl (C=O) groups excluding carboxylic acids is 1. The minimum absolute atomic E-state index is 0.164. The molecule has 0 radical (unpaired) electrons. The van der Waals surface area contributed by atoms with E-state index in [1.807, 2.05) is 26.0 Å². The van der Waals surface area contributed by atoms with Gasteiger partial charge in [-0.1, -0.05) is 17.7 Å². The van der Waals surface area contributed by atoms with Gasteiger partial charge in [-0.25, -0.2) is 8.42 Å². The Labute approximate surface area is 188 Å². The predicted molar refractivity (Wildman–Crippen MR) is 120 cm³/mol. The number of nitrogens with one attached hydrogen (secondary N) is 1. The van der Waals surface area contributed by atoms with Crippen LogP contribution in [0.15, 0.2) is 41.3 Å². The average molecular weight is 467 g/mol. The molecule has 0 aliphatic carbocycles. The Morgan fingerprint density at radius 1 is 1.13 bits per heavy atom. The first kappa shape index (κ1) is 23.5. The molecule has 1 saturated heterocycles. The van der Waals surface area contributed by atoms with E-state index >= 15 is 0 Å². The van der Waals surface area contributed by atoms with Crippen molar-refractivity contribution in [2.45, 2.75) is 31.6 Å². The largest absolute Gasteiger partial charge is 0.493 e. The molecule has 3 rings (SSSR count). The molecule has 0 unspecified atom stereocenters. The lowest BCUT2D eigenvalue weighted by atomic mass is 10.2. The van der Waals surface area contributed by atoms with Gasteiger partial charge >= 0.3 is 0 Å². The van der Waals surface area contributed by atoms with Crippen molar-refractivity contribution in [3.8, 4) is 5.75 Å². The third-order valence-electron chi connectivity index (χ3n) is 5.03. The number of aryl methyl sites for hydroxylation is 2. The summed E-state index contributed by atoms with van der Waals surface area (Å²) < 4.78 is 38.1. The lowest BCUT2D eigenvalue weighted by Crippen LogP contribution is -2.40. The number of rotatable bonds is 8. The maximum absolute atomic E-state index is 12.9. The predicted octanol–water partition coefficient (Wildman–Crippen LogP) is 3.78. The van der Waals surface area contributed by atoms with Gasteiger partial charge < -0.3 is 14.8 Å². The van der Waals surface area contributed by atoms with E-state index in [0.717, 1.165) is 16.9 Å². The van der Waals surface area contributed by atoms with Crippen LogP contribution in [0.5, 0.6) is 5.75 Å². The number of ether oxygens (including phenoxy) is 2. The lowest BCUT2D eigenvalue weighted by Gasteiger charge is -2.26. The van der Waals surface area contributed by atoms with Crippen molar-refractivity contribution < 1.29 is 22.7 Å². The Kier molecular flexibility index (Phi) is 7.94. The zero-order valence-corrected chi connectivity index (χ0v) is 19.3. The summed E-state index contributed by atoms with van der Waals surface area (Å²) in [4.78, 5) is 12.6. The lowest BCUT2D eigenvalue weighted by molar-refractivity contribution is -0.116. The number of halogens is 1. The molecule has 168 valence electrons. The molecule has 1 aliphatic heterocycles. The van der Waals surface area contributed by atoms with E-state index in [0.29, 0.717) is 50.0 Å². The van der Waals surface area contributed by atoms with E-state index in [1.165, 1.54) is 10.4 Å². The molecule has 1 N–H and O–H groups in total. The fourth-order valence-corrected chi connectivity index (χ4v) is 4.90. The van der Waals surface area contributed by atoms with Crippen LogP contribution < -0.4 is 10.1 Å². The van der Waals surface area contributed by atoms with Gasteiger partial charge in [0.25, 0.3) is 0 Å². The zero-order valence-electron chi connectivity index (χ0n) is 17.7. The molecule has 7 nitrogen and oxygen atoms in total. The third kappa shape index (κ3) is 6.20. The van der Waals surface area contributed by atoms with Crippen LogP contribution in [-0.2, 0) is 19.6 Å². The van der Waals surface area contributed by atoms with E-state index in [-0.39, 0.29) is 17.2 Å². The number of amides is 1. The quantitative estimate of drug-likeness (QED) is 0.598. The summed E-state index contributed by atoms with van der Waals surface area (Å²) in [6.07, 6.45) is 0.783. The number of anilines is 1. The molecular formula is C22H27ClN2O5S. The van der Waals surface area contributed by atoms with Crippen molar-refractivity contribution in [1.29, 1.82) is 0 Å². The fraction of sp³-hybridized carbons (Fsp3) is 0.409. The molecule has 31 heavy (non-hydrogen) atoms. The average Bonchev–Trinajstić information content (AvgIpc) is 2.74. The second-order valence-electron chi connectivity index (χ2n) is 7.40. The Morgan fingerprint density at radius 2 is 1.87 bits per heavy atom. The van der Waals surface area contributed by atoms with Crippen molar-refractivity contribution in [2.24, 2.45) is 0 Å². The molecule has 1 aliphatic rings. The van der Waals surface area contributed by atoms with Gasteiger partial charge in [0.2, 0.25) is 15.9 Å². The van der Waals surface area contributed by atoms with Crippen LogP contribution in [0.3, 0.4) is 0 Å². The van der Waals surface area contributed by atoms with Crippen LogP contribution in [0, 0.1) is 13.8 Å². The highest BCUT2D eigenvalue weighted by Gasteiger charge is 2.26. The Morgan fingerprint density at radius 3 is 2.58 bits per heavy atom. The van der Waals surface area contributed by atoms with E-state index < -0.39 is 10.0 Å². The zero-order chi connectivity index (χ0) is 22.4. The first-order valence-corrected chi connectivity index (χ1v) is 12.0. The van der Waals surface area contributed by atoms with Crippen LogP contribution in [0.4, 0.5) is 5.69 Å². The number of nitrogens with zero attached hydrogens (tertiary/aromatic N) is 1. The summed E-state index contributed by atoms with van der Waals surface area (Å²) >= 11 is 5.94. The van der Waals surface area contributed by atoms with Crippen LogP contribution >= 0.6 is 11.6 Å². The topological polar surface area (TPSA) is 84.9 Å². The van der Waals surface area contributed by atoms with Gasteiger partial charge in [-0.2, -0.15) is 4.31 Å². The summed E-state index contributed by atoms with van der Waals surface area (Å²) in [7, 11) is -3.62. The summed E-state index contributed by atoms with van der Waals surface area (Å²) in [6.45, 7) is 5.54.